The second-order valence-electron chi connectivity index (χ2n) is 9.77. The van der Waals surface area contributed by atoms with Crippen molar-refractivity contribution in [2.24, 2.45) is 0 Å². The first kappa shape index (κ1) is 28.7. The lowest BCUT2D eigenvalue weighted by Gasteiger charge is -2.39. The number of hydrogen-bond acceptors (Lipinski definition) is 11. The molecule has 2 aromatic carbocycles. The lowest BCUT2D eigenvalue weighted by atomic mass is 9.95. The molecular weight excluding hydrogens is 556 g/mol. The van der Waals surface area contributed by atoms with Crippen LogP contribution in [0.2, 0.25) is 0 Å². The van der Waals surface area contributed by atoms with Crippen molar-refractivity contribution >= 4 is 15.7 Å². The van der Waals surface area contributed by atoms with Crippen LogP contribution in [0.15, 0.2) is 47.4 Å². The van der Waals surface area contributed by atoms with Gasteiger partial charge in [0.2, 0.25) is 6.79 Å². The van der Waals surface area contributed by atoms with E-state index in [4.69, 9.17) is 18.9 Å². The number of sulfone groups is 1. The van der Waals surface area contributed by atoms with Gasteiger partial charge in [-0.05, 0) is 65.6 Å². The van der Waals surface area contributed by atoms with Crippen molar-refractivity contribution in [3.05, 3.63) is 42.5 Å². The molecule has 0 spiro atoms. The highest BCUT2D eigenvalue weighted by molar-refractivity contribution is 7.93. The molecular formula is C26H33N6O8S+. The number of nitrogens with zero attached hydrogens (tertiary/aromatic N) is 4. The Morgan fingerprint density at radius 3 is 2.63 bits per heavy atom. The van der Waals surface area contributed by atoms with Crippen molar-refractivity contribution < 1.29 is 42.2 Å². The first-order valence-electron chi connectivity index (χ1n) is 13.2. The normalized spacial score (nSPS) is 16.4. The van der Waals surface area contributed by atoms with Crippen LogP contribution in [0.3, 0.4) is 0 Å². The Labute approximate surface area is 237 Å². The van der Waals surface area contributed by atoms with Gasteiger partial charge in [-0.1, -0.05) is 4.80 Å². The number of aromatic amines is 1. The highest BCUT2D eigenvalue weighted by Gasteiger charge is 2.52. The molecule has 1 fully saturated rings. The zero-order valence-corrected chi connectivity index (χ0v) is 23.4. The minimum Gasteiger partial charge on any atom is -0.493 e. The summed E-state index contributed by atoms with van der Waals surface area (Å²) in [7, 11) is -2.51. The Bertz CT molecular complexity index is 1450. The number of aryl methyl sites for hydroxylation is 1. The van der Waals surface area contributed by atoms with Gasteiger partial charge in [0.1, 0.15) is 12.3 Å². The number of tetrazole rings is 1. The first-order chi connectivity index (χ1) is 19.9. The molecule has 220 valence electrons. The molecule has 15 heteroatoms. The zero-order valence-electron chi connectivity index (χ0n) is 22.6. The number of hydroxylamine groups is 1. The molecule has 1 aromatic heterocycles. The van der Waals surface area contributed by atoms with Crippen molar-refractivity contribution in [2.75, 3.05) is 46.8 Å². The Morgan fingerprint density at radius 2 is 1.90 bits per heavy atom. The second-order valence-corrected chi connectivity index (χ2v) is 12.0. The van der Waals surface area contributed by atoms with E-state index in [2.05, 4.69) is 15.4 Å². The molecule has 1 saturated heterocycles. The molecule has 1 amide bonds. The predicted molar refractivity (Wildman–Crippen MR) is 142 cm³/mol. The molecule has 3 heterocycles. The number of carbonyl (C=O) groups is 1. The second kappa shape index (κ2) is 12.4. The molecule has 0 saturated carbocycles. The molecule has 2 aliphatic heterocycles. The van der Waals surface area contributed by atoms with Crippen LogP contribution in [0.1, 0.15) is 19.3 Å². The summed E-state index contributed by atoms with van der Waals surface area (Å²) in [5.74, 6) is 1.43. The molecule has 41 heavy (non-hydrogen) atoms. The Hall–Kier alpha value is -3.79. The fourth-order valence-corrected chi connectivity index (χ4v) is 6.90. The monoisotopic (exact) mass is 589 g/mol. The van der Waals surface area contributed by atoms with Crippen LogP contribution >= 0.6 is 0 Å². The van der Waals surface area contributed by atoms with E-state index in [0.29, 0.717) is 68.9 Å². The van der Waals surface area contributed by atoms with E-state index in [1.165, 1.54) is 12.1 Å². The van der Waals surface area contributed by atoms with Gasteiger partial charge >= 0.3 is 5.82 Å². The van der Waals surface area contributed by atoms with Crippen molar-refractivity contribution in [3.8, 4) is 28.6 Å². The van der Waals surface area contributed by atoms with Crippen LogP contribution in [0.5, 0.6) is 17.2 Å². The molecule has 5 rings (SSSR count). The van der Waals surface area contributed by atoms with Gasteiger partial charge in [0.15, 0.2) is 26.1 Å². The largest absolute Gasteiger partial charge is 0.493 e. The summed E-state index contributed by atoms with van der Waals surface area (Å²) in [6.45, 7) is 2.98. The molecule has 0 unspecified atom stereocenters. The SMILES string of the molecule is COCCN1CCC(C(=O)NO)(S(=O)(=O)c2ccc(OCCC[n+]3nc(-c4ccc5c(c4)OCO5)n[nH]3)cc2)CC1. The molecule has 2 aliphatic rings. The summed E-state index contributed by atoms with van der Waals surface area (Å²) >= 11 is 0. The molecule has 3 aromatic rings. The quantitative estimate of drug-likeness (QED) is 0.118. The van der Waals surface area contributed by atoms with Gasteiger partial charge in [-0.25, -0.2) is 13.9 Å². The molecule has 0 atom stereocenters. The molecule has 0 radical (unpaired) electrons. The third-order valence-electron chi connectivity index (χ3n) is 7.34. The summed E-state index contributed by atoms with van der Waals surface area (Å²) in [4.78, 5) is 16.3. The summed E-state index contributed by atoms with van der Waals surface area (Å²) in [6, 6.07) is 11.5. The van der Waals surface area contributed by atoms with Gasteiger partial charge in [-0.2, -0.15) is 0 Å². The smallest absolute Gasteiger partial charge is 0.338 e. The Balaban J connectivity index is 1.15. The van der Waals surface area contributed by atoms with Gasteiger partial charge in [0.25, 0.3) is 5.91 Å². The van der Waals surface area contributed by atoms with Crippen LogP contribution in [-0.2, 0) is 25.9 Å². The van der Waals surface area contributed by atoms with E-state index >= 15 is 0 Å². The number of piperidine rings is 1. The predicted octanol–water partition coefficient (Wildman–Crippen LogP) is 0.717. The maximum atomic E-state index is 13.6. The van der Waals surface area contributed by atoms with Gasteiger partial charge in [-0.3, -0.25) is 10.0 Å². The fourth-order valence-electron chi connectivity index (χ4n) is 4.94. The van der Waals surface area contributed by atoms with Crippen molar-refractivity contribution in [1.29, 1.82) is 0 Å². The first-order valence-corrected chi connectivity index (χ1v) is 14.7. The minimum atomic E-state index is -4.10. The lowest BCUT2D eigenvalue weighted by Crippen LogP contribution is -2.57. The van der Waals surface area contributed by atoms with E-state index in [1.807, 2.05) is 23.1 Å². The van der Waals surface area contributed by atoms with Gasteiger partial charge in [0, 0.05) is 33.2 Å². The lowest BCUT2D eigenvalue weighted by molar-refractivity contribution is -0.805. The van der Waals surface area contributed by atoms with Crippen LogP contribution in [0, 0.1) is 0 Å². The average Bonchev–Trinajstić information content (AvgIpc) is 3.68. The number of aromatic nitrogens is 4. The number of fused-ring (bicyclic) bond motifs is 1. The zero-order chi connectivity index (χ0) is 28.9. The maximum absolute atomic E-state index is 13.6. The van der Waals surface area contributed by atoms with Gasteiger partial charge < -0.3 is 23.8 Å². The number of methoxy groups -OCH3 is 1. The number of hydrogen-bond donors (Lipinski definition) is 3. The third kappa shape index (κ3) is 5.98. The number of benzene rings is 2. The molecule has 0 bridgehead atoms. The average molecular weight is 590 g/mol. The number of amides is 1. The fraction of sp³-hybridized carbons (Fsp3) is 0.462. The number of rotatable bonds is 12. The Kier molecular flexibility index (Phi) is 8.68. The van der Waals surface area contributed by atoms with E-state index < -0.39 is 20.5 Å². The highest BCUT2D eigenvalue weighted by atomic mass is 32.2. The van der Waals surface area contributed by atoms with Crippen LogP contribution in [0.4, 0.5) is 0 Å². The van der Waals surface area contributed by atoms with E-state index in [1.54, 1.807) is 29.5 Å². The third-order valence-corrected chi connectivity index (χ3v) is 9.85. The summed E-state index contributed by atoms with van der Waals surface area (Å²) < 4.78 is 47.1. The topological polar surface area (TPSA) is 169 Å². The van der Waals surface area contributed by atoms with Gasteiger partial charge in [0.05, 0.1) is 28.8 Å². The standard InChI is InChI=1S/C26H32N6O8S/c1-37-16-14-31-12-9-26(10-13-31,25(33)29-34)41(35,36)21-6-4-20(5-7-21)38-15-2-11-32-28-24(27-30-32)19-3-8-22-23(17-19)40-18-39-22/h3-8,17H,2,9-16,18H2,1H3,(H2,27,28,29,30,33,34)/p+1. The summed E-state index contributed by atoms with van der Waals surface area (Å²) in [6.07, 6.45) is 0.721. The molecule has 14 nitrogen and oxygen atoms in total. The molecule has 3 N–H and O–H groups in total. The van der Waals surface area contributed by atoms with Crippen molar-refractivity contribution in [2.45, 2.75) is 35.4 Å². The van der Waals surface area contributed by atoms with Crippen molar-refractivity contribution in [3.63, 3.8) is 0 Å². The van der Waals surface area contributed by atoms with Crippen LogP contribution in [-0.4, -0.2) is 91.3 Å². The number of ether oxygens (including phenoxy) is 4. The highest BCUT2D eigenvalue weighted by Crippen LogP contribution is 2.37. The minimum absolute atomic E-state index is 0.00736. The van der Waals surface area contributed by atoms with Crippen LogP contribution < -0.4 is 24.5 Å². The number of H-pyrrole nitrogens is 1. The maximum Gasteiger partial charge on any atom is 0.338 e. The summed E-state index contributed by atoms with van der Waals surface area (Å²) in [5, 5.41) is 20.9. The van der Waals surface area contributed by atoms with Crippen LogP contribution in [0.25, 0.3) is 11.4 Å². The van der Waals surface area contributed by atoms with Gasteiger partial charge in [-0.15, -0.1) is 0 Å². The van der Waals surface area contributed by atoms with E-state index in [-0.39, 0.29) is 24.5 Å². The number of likely N-dealkylation sites (tertiary alicyclic amines) is 1. The van der Waals surface area contributed by atoms with Crippen molar-refractivity contribution in [1.82, 2.24) is 25.8 Å². The van der Waals surface area contributed by atoms with E-state index in [0.717, 1.165) is 5.56 Å². The number of nitrogens with one attached hydrogen (secondary N) is 2. The molecule has 0 aliphatic carbocycles. The summed E-state index contributed by atoms with van der Waals surface area (Å²) in [5.41, 5.74) is 2.38. The Morgan fingerprint density at radius 1 is 1.15 bits per heavy atom. The van der Waals surface area contributed by atoms with E-state index in [9.17, 15) is 18.4 Å². The number of carbonyl (C=O) groups excluding carboxylic acids is 1.